The summed E-state index contributed by atoms with van der Waals surface area (Å²) in [7, 11) is 1.61. The molecule has 1 aromatic carbocycles. The number of aromatic nitrogens is 1. The van der Waals surface area contributed by atoms with Crippen molar-refractivity contribution in [3.63, 3.8) is 0 Å². The summed E-state index contributed by atoms with van der Waals surface area (Å²) in [6.07, 6.45) is 2.45. The van der Waals surface area contributed by atoms with E-state index in [1.807, 2.05) is 18.2 Å². The van der Waals surface area contributed by atoms with E-state index in [0.717, 1.165) is 24.0 Å². The van der Waals surface area contributed by atoms with Gasteiger partial charge in [-0.05, 0) is 61.0 Å². The molecule has 122 valence electrons. The van der Waals surface area contributed by atoms with Gasteiger partial charge in [0.25, 0.3) is 5.91 Å². The standard InChI is InChI=1S/C17H20N2O3S/c1-11-14(9-23-19-11)16(20)18-10-17(21)7-3-4-12-5-6-13(22-2)8-15(12)17/h5-6,8-9,21H,3-4,7,10H2,1-2H3,(H,18,20)/t17-/m0/s1. The summed E-state index contributed by atoms with van der Waals surface area (Å²) in [6.45, 7) is 1.99. The number of nitrogens with one attached hydrogen (secondary N) is 1. The van der Waals surface area contributed by atoms with Crippen LogP contribution in [0.15, 0.2) is 23.6 Å². The minimum Gasteiger partial charge on any atom is -0.497 e. The highest BCUT2D eigenvalue weighted by Crippen LogP contribution is 2.37. The van der Waals surface area contributed by atoms with Gasteiger partial charge in [-0.25, -0.2) is 0 Å². The maximum Gasteiger partial charge on any atom is 0.254 e. The summed E-state index contributed by atoms with van der Waals surface area (Å²) in [5.41, 5.74) is 2.19. The lowest BCUT2D eigenvalue weighted by Gasteiger charge is -2.35. The van der Waals surface area contributed by atoms with Gasteiger partial charge in [0, 0.05) is 5.38 Å². The van der Waals surface area contributed by atoms with Crippen molar-refractivity contribution >= 4 is 17.4 Å². The van der Waals surface area contributed by atoms with Gasteiger partial charge in [0.1, 0.15) is 11.4 Å². The fraction of sp³-hybridized carbons (Fsp3) is 0.412. The summed E-state index contributed by atoms with van der Waals surface area (Å²) in [6, 6.07) is 5.77. The molecule has 0 saturated carbocycles. The Morgan fingerprint density at radius 3 is 3.04 bits per heavy atom. The smallest absolute Gasteiger partial charge is 0.254 e. The first-order valence-corrected chi connectivity index (χ1v) is 8.46. The van der Waals surface area contributed by atoms with Gasteiger partial charge in [0.05, 0.1) is 24.9 Å². The molecule has 23 heavy (non-hydrogen) atoms. The molecular weight excluding hydrogens is 312 g/mol. The second-order valence-corrected chi connectivity index (χ2v) is 6.53. The maximum atomic E-state index is 12.3. The average Bonchev–Trinajstić information content (AvgIpc) is 2.99. The predicted octanol–water partition coefficient (Wildman–Crippen LogP) is 2.41. The zero-order valence-corrected chi connectivity index (χ0v) is 14.1. The van der Waals surface area contributed by atoms with E-state index in [2.05, 4.69) is 9.69 Å². The van der Waals surface area contributed by atoms with Gasteiger partial charge < -0.3 is 15.2 Å². The van der Waals surface area contributed by atoms with Crippen molar-refractivity contribution in [2.24, 2.45) is 0 Å². The summed E-state index contributed by atoms with van der Waals surface area (Å²) in [5.74, 6) is 0.521. The molecular formula is C17H20N2O3S. The lowest BCUT2D eigenvalue weighted by atomic mass is 9.79. The number of rotatable bonds is 4. The number of methoxy groups -OCH3 is 1. The number of carbonyl (C=O) groups excluding carboxylic acids is 1. The quantitative estimate of drug-likeness (QED) is 0.902. The highest BCUT2D eigenvalue weighted by Gasteiger charge is 2.35. The van der Waals surface area contributed by atoms with E-state index in [0.29, 0.717) is 23.4 Å². The van der Waals surface area contributed by atoms with Crippen LogP contribution in [-0.4, -0.2) is 29.0 Å². The number of benzene rings is 1. The van der Waals surface area contributed by atoms with Crippen LogP contribution in [-0.2, 0) is 12.0 Å². The molecule has 0 spiro atoms. The van der Waals surface area contributed by atoms with Crippen LogP contribution in [0.4, 0.5) is 0 Å². The third-order valence-corrected chi connectivity index (χ3v) is 5.11. The number of amides is 1. The molecule has 1 heterocycles. The van der Waals surface area contributed by atoms with Crippen molar-refractivity contribution in [3.8, 4) is 5.75 Å². The van der Waals surface area contributed by atoms with Crippen LogP contribution < -0.4 is 10.1 Å². The summed E-state index contributed by atoms with van der Waals surface area (Å²) in [4.78, 5) is 12.3. The molecule has 5 nitrogen and oxygen atoms in total. The topological polar surface area (TPSA) is 71.5 Å². The predicted molar refractivity (Wildman–Crippen MR) is 89.0 cm³/mol. The lowest BCUT2D eigenvalue weighted by molar-refractivity contribution is 0.0187. The normalized spacial score (nSPS) is 20.0. The summed E-state index contributed by atoms with van der Waals surface area (Å²) in [5, 5.41) is 15.7. The van der Waals surface area contributed by atoms with E-state index in [4.69, 9.17) is 4.74 Å². The first kappa shape index (κ1) is 16.0. The minimum atomic E-state index is -1.06. The molecule has 1 aromatic heterocycles. The van der Waals surface area contributed by atoms with E-state index in [1.54, 1.807) is 19.4 Å². The number of aryl methyl sites for hydroxylation is 2. The molecule has 0 bridgehead atoms. The average molecular weight is 332 g/mol. The number of ether oxygens (including phenoxy) is 1. The zero-order chi connectivity index (χ0) is 16.4. The Morgan fingerprint density at radius 2 is 2.35 bits per heavy atom. The molecule has 1 aliphatic rings. The Hall–Kier alpha value is -1.92. The third-order valence-electron chi connectivity index (χ3n) is 4.39. The van der Waals surface area contributed by atoms with Crippen molar-refractivity contribution in [3.05, 3.63) is 46.0 Å². The molecule has 1 amide bonds. The third kappa shape index (κ3) is 3.09. The fourth-order valence-corrected chi connectivity index (χ4v) is 3.75. The summed E-state index contributed by atoms with van der Waals surface area (Å²) < 4.78 is 9.38. The Kier molecular flexibility index (Phi) is 4.37. The van der Waals surface area contributed by atoms with E-state index < -0.39 is 5.60 Å². The van der Waals surface area contributed by atoms with Gasteiger partial charge >= 0.3 is 0 Å². The molecule has 1 atom stereocenters. The monoisotopic (exact) mass is 332 g/mol. The lowest BCUT2D eigenvalue weighted by Crippen LogP contribution is -2.43. The molecule has 0 radical (unpaired) electrons. The van der Waals surface area contributed by atoms with Crippen molar-refractivity contribution in [2.75, 3.05) is 13.7 Å². The van der Waals surface area contributed by atoms with E-state index in [-0.39, 0.29) is 12.5 Å². The first-order valence-electron chi connectivity index (χ1n) is 7.62. The Labute approximate surface area is 139 Å². The van der Waals surface area contributed by atoms with Crippen LogP contribution in [0.2, 0.25) is 0 Å². The number of aliphatic hydroxyl groups is 1. The van der Waals surface area contributed by atoms with Gasteiger partial charge in [-0.3, -0.25) is 4.79 Å². The van der Waals surface area contributed by atoms with Gasteiger partial charge in [0.15, 0.2) is 0 Å². The Morgan fingerprint density at radius 1 is 1.52 bits per heavy atom. The van der Waals surface area contributed by atoms with E-state index in [9.17, 15) is 9.90 Å². The van der Waals surface area contributed by atoms with Crippen molar-refractivity contribution in [1.82, 2.24) is 9.69 Å². The number of hydrogen-bond acceptors (Lipinski definition) is 5. The fourth-order valence-electron chi connectivity index (χ4n) is 3.06. The molecule has 3 rings (SSSR count). The number of hydrogen-bond donors (Lipinski definition) is 2. The van der Waals surface area contributed by atoms with Crippen LogP contribution in [0.3, 0.4) is 0 Å². The van der Waals surface area contributed by atoms with Gasteiger partial charge in [-0.2, -0.15) is 4.37 Å². The molecule has 0 unspecified atom stereocenters. The minimum absolute atomic E-state index is 0.182. The van der Waals surface area contributed by atoms with Gasteiger partial charge in [-0.1, -0.05) is 6.07 Å². The summed E-state index contributed by atoms with van der Waals surface area (Å²) >= 11 is 1.26. The van der Waals surface area contributed by atoms with Crippen LogP contribution in [0, 0.1) is 6.92 Å². The Bertz CT molecular complexity index is 728. The van der Waals surface area contributed by atoms with Crippen LogP contribution in [0.5, 0.6) is 5.75 Å². The second-order valence-electron chi connectivity index (χ2n) is 5.90. The molecule has 2 aromatic rings. The maximum absolute atomic E-state index is 12.3. The van der Waals surface area contributed by atoms with E-state index in [1.165, 1.54) is 11.5 Å². The molecule has 6 heteroatoms. The van der Waals surface area contributed by atoms with Gasteiger partial charge in [0.2, 0.25) is 0 Å². The van der Waals surface area contributed by atoms with Gasteiger partial charge in [-0.15, -0.1) is 0 Å². The van der Waals surface area contributed by atoms with E-state index >= 15 is 0 Å². The second kappa shape index (κ2) is 6.29. The highest BCUT2D eigenvalue weighted by molar-refractivity contribution is 7.03. The van der Waals surface area contributed by atoms with Crippen molar-refractivity contribution < 1.29 is 14.6 Å². The van der Waals surface area contributed by atoms with Crippen LogP contribution >= 0.6 is 11.5 Å². The molecule has 0 aliphatic heterocycles. The molecule has 0 saturated heterocycles. The van der Waals surface area contributed by atoms with Crippen LogP contribution in [0.1, 0.15) is 40.0 Å². The first-order chi connectivity index (χ1) is 11.0. The SMILES string of the molecule is COc1ccc2c(c1)[C@@](O)(CNC(=O)c1csnc1C)CCC2. The highest BCUT2D eigenvalue weighted by atomic mass is 32.1. The number of nitrogens with zero attached hydrogens (tertiary/aromatic N) is 1. The van der Waals surface area contributed by atoms with Crippen LogP contribution in [0.25, 0.3) is 0 Å². The number of carbonyl (C=O) groups is 1. The molecule has 1 aliphatic carbocycles. The Balaban J connectivity index is 1.80. The van der Waals surface area contributed by atoms with Crippen molar-refractivity contribution in [1.29, 1.82) is 0 Å². The zero-order valence-electron chi connectivity index (χ0n) is 13.3. The molecule has 0 fully saturated rings. The molecule has 2 N–H and O–H groups in total. The number of fused-ring (bicyclic) bond motifs is 1. The largest absolute Gasteiger partial charge is 0.497 e. The van der Waals surface area contributed by atoms with Crippen molar-refractivity contribution in [2.45, 2.75) is 31.8 Å².